The fourth-order valence-electron chi connectivity index (χ4n) is 2.28. The Morgan fingerprint density at radius 3 is 2.47 bits per heavy atom. The number of aryl methyl sites for hydroxylation is 2. The maximum Gasteiger partial charge on any atom is 0.162 e. The van der Waals surface area contributed by atoms with Crippen molar-refractivity contribution in [3.8, 4) is 22.8 Å². The molecule has 0 radical (unpaired) electrons. The summed E-state index contributed by atoms with van der Waals surface area (Å²) in [6.45, 7) is 3.30. The van der Waals surface area contributed by atoms with Gasteiger partial charge < -0.3 is 15.2 Å². The van der Waals surface area contributed by atoms with E-state index in [1.807, 2.05) is 25.2 Å². The summed E-state index contributed by atoms with van der Waals surface area (Å²) in [5.74, 6) is 2.24. The van der Waals surface area contributed by atoms with Gasteiger partial charge in [-0.15, -0.1) is 0 Å². The Labute approximate surface area is 111 Å². The van der Waals surface area contributed by atoms with Gasteiger partial charge in [0.2, 0.25) is 0 Å². The number of nitrogens with zero attached hydrogens (tertiary/aromatic N) is 2. The molecule has 0 atom stereocenters. The van der Waals surface area contributed by atoms with E-state index in [1.165, 1.54) is 5.56 Å². The van der Waals surface area contributed by atoms with Crippen molar-refractivity contribution in [2.24, 2.45) is 7.05 Å². The van der Waals surface area contributed by atoms with Crippen LogP contribution >= 0.6 is 0 Å². The highest BCUT2D eigenvalue weighted by Gasteiger charge is 2.17. The minimum atomic E-state index is 0.586. The molecule has 5 heteroatoms. The molecule has 3 rings (SSSR count). The molecular formula is C14H17N3O2. The fraction of sp³-hybridized carbons (Fsp3) is 0.357. The number of fused-ring (bicyclic) bond motifs is 1. The van der Waals surface area contributed by atoms with Crippen molar-refractivity contribution >= 4 is 5.82 Å². The van der Waals surface area contributed by atoms with Gasteiger partial charge in [0.1, 0.15) is 19.0 Å². The Hall–Kier alpha value is -2.17. The Balaban J connectivity index is 2.13. The van der Waals surface area contributed by atoms with E-state index in [1.54, 1.807) is 4.68 Å². The number of ether oxygens (including phenoxy) is 2. The van der Waals surface area contributed by atoms with E-state index in [0.29, 0.717) is 19.0 Å². The summed E-state index contributed by atoms with van der Waals surface area (Å²) in [6.07, 6.45) is 0.905. The molecule has 1 aliphatic rings. The smallest absolute Gasteiger partial charge is 0.162 e. The van der Waals surface area contributed by atoms with E-state index in [2.05, 4.69) is 12.0 Å². The first-order valence-electron chi connectivity index (χ1n) is 6.41. The van der Waals surface area contributed by atoms with Crippen molar-refractivity contribution in [2.75, 3.05) is 18.9 Å². The topological polar surface area (TPSA) is 62.3 Å². The highest BCUT2D eigenvalue weighted by atomic mass is 16.6. The third-order valence-corrected chi connectivity index (χ3v) is 3.34. The largest absolute Gasteiger partial charge is 0.486 e. The number of benzene rings is 1. The first-order valence-corrected chi connectivity index (χ1v) is 6.41. The van der Waals surface area contributed by atoms with E-state index < -0.39 is 0 Å². The van der Waals surface area contributed by atoms with E-state index in [9.17, 15) is 0 Å². The van der Waals surface area contributed by atoms with Gasteiger partial charge in [-0.3, -0.25) is 4.68 Å². The second kappa shape index (κ2) is 4.50. The van der Waals surface area contributed by atoms with Crippen molar-refractivity contribution in [3.63, 3.8) is 0 Å². The molecule has 0 bridgehead atoms. The summed E-state index contributed by atoms with van der Waals surface area (Å²) in [5.41, 5.74) is 8.96. The molecule has 5 nitrogen and oxygen atoms in total. The molecule has 1 aliphatic heterocycles. The minimum absolute atomic E-state index is 0.586. The number of hydrogen-bond acceptors (Lipinski definition) is 4. The zero-order chi connectivity index (χ0) is 13.4. The second-order valence-electron chi connectivity index (χ2n) is 4.58. The van der Waals surface area contributed by atoms with Crippen LogP contribution in [0.25, 0.3) is 11.3 Å². The third-order valence-electron chi connectivity index (χ3n) is 3.34. The van der Waals surface area contributed by atoms with Crippen LogP contribution in [0.1, 0.15) is 12.5 Å². The zero-order valence-corrected chi connectivity index (χ0v) is 11.1. The van der Waals surface area contributed by atoms with Gasteiger partial charge in [0.15, 0.2) is 11.5 Å². The molecule has 100 valence electrons. The predicted octanol–water partition coefficient (Wildman–Crippen LogP) is 2.00. The molecule has 0 amide bonds. The maximum absolute atomic E-state index is 5.85. The van der Waals surface area contributed by atoms with Crippen molar-refractivity contribution in [1.29, 1.82) is 0 Å². The number of rotatable bonds is 2. The highest BCUT2D eigenvalue weighted by Crippen LogP contribution is 2.37. The van der Waals surface area contributed by atoms with Crippen molar-refractivity contribution in [1.82, 2.24) is 9.78 Å². The summed E-state index contributed by atoms with van der Waals surface area (Å²) < 4.78 is 12.9. The second-order valence-corrected chi connectivity index (χ2v) is 4.58. The Morgan fingerprint density at radius 1 is 1.21 bits per heavy atom. The molecule has 19 heavy (non-hydrogen) atoms. The van der Waals surface area contributed by atoms with Crippen molar-refractivity contribution in [2.45, 2.75) is 13.3 Å². The van der Waals surface area contributed by atoms with Crippen LogP contribution in [-0.4, -0.2) is 23.0 Å². The van der Waals surface area contributed by atoms with Crippen molar-refractivity contribution in [3.05, 3.63) is 23.8 Å². The van der Waals surface area contributed by atoms with Gasteiger partial charge in [0.05, 0.1) is 5.69 Å². The van der Waals surface area contributed by atoms with E-state index in [-0.39, 0.29) is 0 Å². The molecule has 0 aliphatic carbocycles. The molecule has 1 aromatic carbocycles. The van der Waals surface area contributed by atoms with Crippen LogP contribution in [0, 0.1) is 0 Å². The molecule has 0 unspecified atom stereocenters. The van der Waals surface area contributed by atoms with E-state index >= 15 is 0 Å². The standard InChI is InChI=1S/C14H17N3O2/c1-3-9-6-12-13(19-5-4-18-12)7-10(9)11-8-14(15)17(2)16-11/h6-8H,3-5,15H2,1-2H3. The number of hydrogen-bond donors (Lipinski definition) is 1. The highest BCUT2D eigenvalue weighted by molar-refractivity contribution is 5.70. The number of nitrogen functional groups attached to an aromatic ring is 1. The number of anilines is 1. The lowest BCUT2D eigenvalue weighted by Gasteiger charge is -2.20. The van der Waals surface area contributed by atoms with Gasteiger partial charge >= 0.3 is 0 Å². The monoisotopic (exact) mass is 259 g/mol. The number of nitrogens with two attached hydrogens (primary N) is 1. The molecule has 0 saturated heterocycles. The van der Waals surface area contributed by atoms with Gasteiger partial charge in [0, 0.05) is 18.7 Å². The van der Waals surface area contributed by atoms with Gasteiger partial charge in [-0.05, 0) is 24.1 Å². The van der Waals surface area contributed by atoms with E-state index in [0.717, 1.165) is 29.2 Å². The van der Waals surface area contributed by atoms with Crippen LogP contribution in [0.15, 0.2) is 18.2 Å². The minimum Gasteiger partial charge on any atom is -0.486 e. The summed E-state index contributed by atoms with van der Waals surface area (Å²) in [6, 6.07) is 5.91. The molecule has 0 fully saturated rings. The summed E-state index contributed by atoms with van der Waals surface area (Å²) in [4.78, 5) is 0. The third kappa shape index (κ3) is 2.01. The molecule has 0 spiro atoms. The van der Waals surface area contributed by atoms with Gasteiger partial charge in [0.25, 0.3) is 0 Å². The lowest BCUT2D eigenvalue weighted by molar-refractivity contribution is 0.171. The molecular weight excluding hydrogens is 242 g/mol. The van der Waals surface area contributed by atoms with Crippen LogP contribution in [0.5, 0.6) is 11.5 Å². The average molecular weight is 259 g/mol. The molecule has 0 saturated carbocycles. The maximum atomic E-state index is 5.85. The van der Waals surface area contributed by atoms with Crippen molar-refractivity contribution < 1.29 is 9.47 Å². The Bertz CT molecular complexity index is 600. The quantitative estimate of drug-likeness (QED) is 0.896. The average Bonchev–Trinajstić information content (AvgIpc) is 2.77. The predicted molar refractivity (Wildman–Crippen MR) is 73.4 cm³/mol. The first kappa shape index (κ1) is 11.9. The van der Waals surface area contributed by atoms with Crippen LogP contribution in [0.3, 0.4) is 0 Å². The van der Waals surface area contributed by atoms with Crippen LogP contribution in [0.2, 0.25) is 0 Å². The summed E-state index contributed by atoms with van der Waals surface area (Å²) >= 11 is 0. The molecule has 2 aromatic rings. The van der Waals surface area contributed by atoms with Crippen LogP contribution in [0.4, 0.5) is 5.82 Å². The fourth-order valence-corrected chi connectivity index (χ4v) is 2.28. The Kier molecular flexibility index (Phi) is 2.81. The molecule has 2 N–H and O–H groups in total. The lowest BCUT2D eigenvalue weighted by Crippen LogP contribution is -2.15. The first-order chi connectivity index (χ1) is 9.19. The summed E-state index contributed by atoms with van der Waals surface area (Å²) in [5, 5.41) is 4.43. The normalized spacial score (nSPS) is 13.6. The Morgan fingerprint density at radius 2 is 1.89 bits per heavy atom. The van der Waals surface area contributed by atoms with Gasteiger partial charge in [-0.1, -0.05) is 6.92 Å². The number of aromatic nitrogens is 2. The van der Waals surface area contributed by atoms with Gasteiger partial charge in [-0.25, -0.2) is 0 Å². The van der Waals surface area contributed by atoms with Crippen LogP contribution < -0.4 is 15.2 Å². The SMILES string of the molecule is CCc1cc2c(cc1-c1cc(N)n(C)n1)OCCO2. The summed E-state index contributed by atoms with van der Waals surface area (Å²) in [7, 11) is 1.84. The lowest BCUT2D eigenvalue weighted by atomic mass is 10.0. The van der Waals surface area contributed by atoms with E-state index in [4.69, 9.17) is 15.2 Å². The van der Waals surface area contributed by atoms with Crippen LogP contribution in [-0.2, 0) is 13.5 Å². The molecule has 2 heterocycles. The molecule has 1 aromatic heterocycles. The zero-order valence-electron chi connectivity index (χ0n) is 11.1. The van der Waals surface area contributed by atoms with Gasteiger partial charge in [-0.2, -0.15) is 5.10 Å².